The first-order chi connectivity index (χ1) is 14.2. The standard InChI is InChI=1S/C21H26FN3O4S/c1-3-14-23-21(27)18-7-4-5-8-19(18)24-20(26)9-6-15-25(30(2,28)29)17-12-10-16(22)11-13-17/h4-5,7-8,10-13H,3,6,9,14-15H2,1-2H3,(H,23,27)(H,24,26). The van der Waals surface area contributed by atoms with Crippen molar-refractivity contribution in [1.82, 2.24) is 5.32 Å². The highest BCUT2D eigenvalue weighted by Crippen LogP contribution is 2.19. The van der Waals surface area contributed by atoms with Gasteiger partial charge >= 0.3 is 0 Å². The summed E-state index contributed by atoms with van der Waals surface area (Å²) in [6.07, 6.45) is 2.16. The van der Waals surface area contributed by atoms with Crippen molar-refractivity contribution in [1.29, 1.82) is 0 Å². The van der Waals surface area contributed by atoms with Crippen molar-refractivity contribution in [2.24, 2.45) is 0 Å². The van der Waals surface area contributed by atoms with Gasteiger partial charge in [-0.25, -0.2) is 12.8 Å². The van der Waals surface area contributed by atoms with Crippen LogP contribution in [0.5, 0.6) is 0 Å². The SMILES string of the molecule is CCCNC(=O)c1ccccc1NC(=O)CCCN(c1ccc(F)cc1)S(C)(=O)=O. The minimum atomic E-state index is -3.59. The summed E-state index contributed by atoms with van der Waals surface area (Å²) < 4.78 is 38.4. The van der Waals surface area contributed by atoms with Crippen molar-refractivity contribution in [2.45, 2.75) is 26.2 Å². The van der Waals surface area contributed by atoms with Gasteiger partial charge in [-0.3, -0.25) is 13.9 Å². The molecule has 2 N–H and O–H groups in total. The lowest BCUT2D eigenvalue weighted by atomic mass is 10.1. The van der Waals surface area contributed by atoms with Crippen LogP contribution in [0.2, 0.25) is 0 Å². The highest BCUT2D eigenvalue weighted by atomic mass is 32.2. The van der Waals surface area contributed by atoms with Crippen LogP contribution in [-0.2, 0) is 14.8 Å². The van der Waals surface area contributed by atoms with Crippen LogP contribution in [0.1, 0.15) is 36.5 Å². The number of carbonyl (C=O) groups excluding carboxylic acids is 2. The summed E-state index contributed by atoms with van der Waals surface area (Å²) in [5.74, 6) is -1.07. The van der Waals surface area contributed by atoms with Gasteiger partial charge < -0.3 is 10.6 Å². The highest BCUT2D eigenvalue weighted by molar-refractivity contribution is 7.92. The molecule has 0 atom stereocenters. The second-order valence-electron chi connectivity index (χ2n) is 6.76. The molecule has 0 saturated heterocycles. The zero-order valence-electron chi connectivity index (χ0n) is 17.0. The number of anilines is 2. The Bertz CT molecular complexity index is 978. The molecular formula is C21H26FN3O4S. The Hall–Kier alpha value is -2.94. The first-order valence-electron chi connectivity index (χ1n) is 9.62. The van der Waals surface area contributed by atoms with Crippen molar-refractivity contribution in [3.05, 3.63) is 59.9 Å². The van der Waals surface area contributed by atoms with Gasteiger partial charge in [-0.15, -0.1) is 0 Å². The number of nitrogens with one attached hydrogen (secondary N) is 2. The molecule has 30 heavy (non-hydrogen) atoms. The second kappa shape index (κ2) is 10.7. The molecule has 0 heterocycles. The molecule has 2 aromatic carbocycles. The van der Waals surface area contributed by atoms with E-state index >= 15 is 0 Å². The van der Waals surface area contributed by atoms with E-state index in [-0.39, 0.29) is 31.2 Å². The predicted octanol–water partition coefficient (Wildman–Crippen LogP) is 3.15. The lowest BCUT2D eigenvalue weighted by Crippen LogP contribution is -2.31. The number of carbonyl (C=O) groups is 2. The molecule has 0 aliphatic rings. The Morgan fingerprint density at radius 2 is 1.73 bits per heavy atom. The van der Waals surface area contributed by atoms with Gasteiger partial charge in [-0.05, 0) is 49.2 Å². The zero-order chi connectivity index (χ0) is 22.1. The molecule has 0 radical (unpaired) electrons. The number of benzene rings is 2. The zero-order valence-corrected chi connectivity index (χ0v) is 17.8. The number of hydrogen-bond donors (Lipinski definition) is 2. The smallest absolute Gasteiger partial charge is 0.253 e. The molecule has 2 amide bonds. The monoisotopic (exact) mass is 435 g/mol. The van der Waals surface area contributed by atoms with E-state index in [1.165, 1.54) is 24.3 Å². The van der Waals surface area contributed by atoms with Crippen molar-refractivity contribution in [3.8, 4) is 0 Å². The molecular weight excluding hydrogens is 409 g/mol. The normalized spacial score (nSPS) is 11.0. The van der Waals surface area contributed by atoms with Crippen LogP contribution in [0.25, 0.3) is 0 Å². The van der Waals surface area contributed by atoms with E-state index in [2.05, 4.69) is 10.6 Å². The molecule has 2 aromatic rings. The molecule has 2 rings (SSSR count). The molecule has 0 aliphatic carbocycles. The minimum Gasteiger partial charge on any atom is -0.352 e. The van der Waals surface area contributed by atoms with E-state index < -0.39 is 15.8 Å². The van der Waals surface area contributed by atoms with Crippen LogP contribution >= 0.6 is 0 Å². The van der Waals surface area contributed by atoms with Crippen LogP contribution in [-0.4, -0.2) is 39.6 Å². The third kappa shape index (κ3) is 6.84. The van der Waals surface area contributed by atoms with Gasteiger partial charge in [-0.2, -0.15) is 0 Å². The maximum atomic E-state index is 13.1. The molecule has 162 valence electrons. The Balaban J connectivity index is 1.99. The van der Waals surface area contributed by atoms with Gasteiger partial charge in [-0.1, -0.05) is 19.1 Å². The number of rotatable bonds is 10. The van der Waals surface area contributed by atoms with Crippen molar-refractivity contribution < 1.29 is 22.4 Å². The van der Waals surface area contributed by atoms with E-state index in [0.29, 0.717) is 23.5 Å². The van der Waals surface area contributed by atoms with E-state index in [0.717, 1.165) is 17.0 Å². The Morgan fingerprint density at radius 1 is 1.07 bits per heavy atom. The molecule has 0 aliphatic heterocycles. The summed E-state index contributed by atoms with van der Waals surface area (Å²) in [6.45, 7) is 2.54. The molecule has 7 nitrogen and oxygen atoms in total. The quantitative estimate of drug-likeness (QED) is 0.599. The molecule has 9 heteroatoms. The van der Waals surface area contributed by atoms with Crippen LogP contribution in [0.4, 0.5) is 15.8 Å². The number of sulfonamides is 1. The molecule has 0 saturated carbocycles. The number of para-hydroxylation sites is 1. The van der Waals surface area contributed by atoms with Gasteiger partial charge in [0.25, 0.3) is 5.91 Å². The van der Waals surface area contributed by atoms with E-state index in [4.69, 9.17) is 0 Å². The summed E-state index contributed by atoms with van der Waals surface area (Å²) in [6, 6.07) is 11.8. The van der Waals surface area contributed by atoms with Gasteiger partial charge in [0.05, 0.1) is 23.2 Å². The summed E-state index contributed by atoms with van der Waals surface area (Å²) in [4.78, 5) is 24.6. The fourth-order valence-electron chi connectivity index (χ4n) is 2.81. The van der Waals surface area contributed by atoms with Gasteiger partial charge in [0.15, 0.2) is 0 Å². The van der Waals surface area contributed by atoms with Crippen molar-refractivity contribution in [2.75, 3.05) is 29.0 Å². The first kappa shape index (κ1) is 23.3. The second-order valence-corrected chi connectivity index (χ2v) is 8.67. The van der Waals surface area contributed by atoms with Crippen LogP contribution < -0.4 is 14.9 Å². The van der Waals surface area contributed by atoms with Crippen LogP contribution in [0.15, 0.2) is 48.5 Å². The van der Waals surface area contributed by atoms with E-state index in [1.54, 1.807) is 24.3 Å². The number of nitrogens with zero attached hydrogens (tertiary/aromatic N) is 1. The Morgan fingerprint density at radius 3 is 2.37 bits per heavy atom. The Kier molecular flexibility index (Phi) is 8.35. The number of halogens is 1. The first-order valence-corrected chi connectivity index (χ1v) is 11.5. The van der Waals surface area contributed by atoms with Gasteiger partial charge in [0.2, 0.25) is 15.9 Å². The van der Waals surface area contributed by atoms with Gasteiger partial charge in [0, 0.05) is 19.5 Å². The summed E-state index contributed by atoms with van der Waals surface area (Å²) in [5.41, 5.74) is 1.09. The molecule has 0 bridgehead atoms. The average molecular weight is 436 g/mol. The topological polar surface area (TPSA) is 95.6 Å². The average Bonchev–Trinajstić information content (AvgIpc) is 2.70. The van der Waals surface area contributed by atoms with Crippen LogP contribution in [0.3, 0.4) is 0 Å². The van der Waals surface area contributed by atoms with E-state index in [1.807, 2.05) is 6.92 Å². The fraction of sp³-hybridized carbons (Fsp3) is 0.333. The number of hydrogen-bond acceptors (Lipinski definition) is 4. The Labute approximate surface area is 176 Å². The largest absolute Gasteiger partial charge is 0.352 e. The molecule has 0 spiro atoms. The van der Waals surface area contributed by atoms with Crippen molar-refractivity contribution >= 4 is 33.2 Å². The summed E-state index contributed by atoms with van der Waals surface area (Å²) >= 11 is 0. The van der Waals surface area contributed by atoms with Crippen LogP contribution in [0, 0.1) is 5.82 Å². The summed E-state index contributed by atoms with van der Waals surface area (Å²) in [7, 11) is -3.59. The minimum absolute atomic E-state index is 0.0537. The summed E-state index contributed by atoms with van der Waals surface area (Å²) in [5, 5.41) is 5.48. The maximum absolute atomic E-state index is 13.1. The molecule has 0 unspecified atom stereocenters. The lowest BCUT2D eigenvalue weighted by molar-refractivity contribution is -0.116. The van der Waals surface area contributed by atoms with Gasteiger partial charge in [0.1, 0.15) is 5.82 Å². The maximum Gasteiger partial charge on any atom is 0.253 e. The molecule has 0 fully saturated rings. The third-order valence-electron chi connectivity index (χ3n) is 4.26. The lowest BCUT2D eigenvalue weighted by Gasteiger charge is -2.22. The highest BCUT2D eigenvalue weighted by Gasteiger charge is 2.18. The molecule has 0 aromatic heterocycles. The third-order valence-corrected chi connectivity index (χ3v) is 5.46. The fourth-order valence-corrected chi connectivity index (χ4v) is 3.78. The van der Waals surface area contributed by atoms with E-state index in [9.17, 15) is 22.4 Å². The predicted molar refractivity (Wildman–Crippen MR) is 116 cm³/mol. The van der Waals surface area contributed by atoms with Crippen molar-refractivity contribution in [3.63, 3.8) is 0 Å². The number of amides is 2.